The van der Waals surface area contributed by atoms with E-state index in [1.165, 1.54) is 11.0 Å². The molecule has 0 bridgehead atoms. The van der Waals surface area contributed by atoms with Crippen LogP contribution in [0.2, 0.25) is 0 Å². The number of amides is 1. The summed E-state index contributed by atoms with van der Waals surface area (Å²) >= 11 is 0. The summed E-state index contributed by atoms with van der Waals surface area (Å²) in [6.07, 6.45) is 1.53. The van der Waals surface area contributed by atoms with Gasteiger partial charge in [-0.25, -0.2) is 9.67 Å². The Morgan fingerprint density at radius 3 is 2.59 bits per heavy atom. The minimum atomic E-state index is -0.214. The molecule has 96 valence electrons. The maximum atomic E-state index is 11.7. The molecule has 0 aromatic carbocycles. The lowest BCUT2D eigenvalue weighted by molar-refractivity contribution is -0.122. The molecule has 17 heavy (non-hydrogen) atoms. The number of carbonyl (C=O) groups is 1. The van der Waals surface area contributed by atoms with Crippen LogP contribution in [0.15, 0.2) is 6.33 Å². The first-order valence-electron chi connectivity index (χ1n) is 5.84. The van der Waals surface area contributed by atoms with Crippen LogP contribution in [0.25, 0.3) is 0 Å². The molecule has 0 radical (unpaired) electrons. The second-order valence-corrected chi connectivity index (χ2v) is 4.69. The molecule has 0 saturated carbocycles. The van der Waals surface area contributed by atoms with Gasteiger partial charge in [-0.3, -0.25) is 4.79 Å². The topological polar surface area (TPSA) is 85.8 Å². The van der Waals surface area contributed by atoms with Crippen LogP contribution in [0.3, 0.4) is 0 Å². The molecule has 6 heteroatoms. The van der Waals surface area contributed by atoms with E-state index < -0.39 is 0 Å². The van der Waals surface area contributed by atoms with Crippen molar-refractivity contribution in [2.75, 3.05) is 0 Å². The molecular weight excluding hydrogens is 218 g/mol. The van der Waals surface area contributed by atoms with E-state index >= 15 is 0 Å². The van der Waals surface area contributed by atoms with Crippen LogP contribution in [-0.2, 0) is 11.3 Å². The fourth-order valence-corrected chi connectivity index (χ4v) is 1.21. The van der Waals surface area contributed by atoms with Gasteiger partial charge >= 0.3 is 0 Å². The molecule has 3 N–H and O–H groups in total. The Kier molecular flexibility index (Phi) is 4.62. The van der Waals surface area contributed by atoms with E-state index in [4.69, 9.17) is 5.73 Å². The van der Waals surface area contributed by atoms with Crippen molar-refractivity contribution in [2.45, 2.75) is 46.3 Å². The molecule has 1 rings (SSSR count). The predicted molar refractivity (Wildman–Crippen MR) is 65.1 cm³/mol. The maximum absolute atomic E-state index is 11.7. The molecule has 0 spiro atoms. The molecule has 1 heterocycles. The van der Waals surface area contributed by atoms with Gasteiger partial charge in [-0.2, -0.15) is 5.10 Å². The standard InChI is InChI=1S/C11H21N5O/c1-7(2)9(4)14-10(17)5-16-6-13-11(15-16)8(3)12/h6-9H,5,12H2,1-4H3,(H,14,17). The summed E-state index contributed by atoms with van der Waals surface area (Å²) in [6.45, 7) is 8.10. The molecule has 6 nitrogen and oxygen atoms in total. The van der Waals surface area contributed by atoms with Crippen molar-refractivity contribution in [3.8, 4) is 0 Å². The van der Waals surface area contributed by atoms with E-state index in [0.29, 0.717) is 11.7 Å². The van der Waals surface area contributed by atoms with Crippen molar-refractivity contribution in [3.05, 3.63) is 12.2 Å². The zero-order chi connectivity index (χ0) is 13.0. The molecule has 0 fully saturated rings. The largest absolute Gasteiger partial charge is 0.352 e. The molecule has 0 aliphatic carbocycles. The lowest BCUT2D eigenvalue weighted by atomic mass is 10.1. The minimum Gasteiger partial charge on any atom is -0.352 e. The summed E-state index contributed by atoms with van der Waals surface area (Å²) in [5.41, 5.74) is 5.64. The number of rotatable bonds is 5. The zero-order valence-electron chi connectivity index (χ0n) is 10.8. The van der Waals surface area contributed by atoms with Crippen LogP contribution < -0.4 is 11.1 Å². The van der Waals surface area contributed by atoms with Crippen molar-refractivity contribution >= 4 is 5.91 Å². The number of nitrogens with zero attached hydrogens (tertiary/aromatic N) is 3. The zero-order valence-corrected chi connectivity index (χ0v) is 10.8. The molecule has 0 aliphatic heterocycles. The molecular formula is C11H21N5O. The Morgan fingerprint density at radius 1 is 1.47 bits per heavy atom. The third kappa shape index (κ3) is 4.14. The SMILES string of the molecule is CC(N)c1ncn(CC(=O)NC(C)C(C)C)n1. The third-order valence-corrected chi connectivity index (χ3v) is 2.66. The lowest BCUT2D eigenvalue weighted by Crippen LogP contribution is -2.38. The van der Waals surface area contributed by atoms with Crippen molar-refractivity contribution in [1.82, 2.24) is 20.1 Å². The summed E-state index contributed by atoms with van der Waals surface area (Å²) in [7, 11) is 0. The summed E-state index contributed by atoms with van der Waals surface area (Å²) in [6, 6.07) is -0.0622. The maximum Gasteiger partial charge on any atom is 0.242 e. The van der Waals surface area contributed by atoms with Gasteiger partial charge in [-0.1, -0.05) is 13.8 Å². The monoisotopic (exact) mass is 239 g/mol. The third-order valence-electron chi connectivity index (χ3n) is 2.66. The Bertz CT molecular complexity index is 372. The van der Waals surface area contributed by atoms with E-state index in [-0.39, 0.29) is 24.5 Å². The summed E-state index contributed by atoms with van der Waals surface area (Å²) < 4.78 is 1.50. The van der Waals surface area contributed by atoms with Crippen LogP contribution in [0.4, 0.5) is 0 Å². The van der Waals surface area contributed by atoms with Crippen molar-refractivity contribution in [3.63, 3.8) is 0 Å². The number of hydrogen-bond donors (Lipinski definition) is 2. The van der Waals surface area contributed by atoms with Gasteiger partial charge in [-0.15, -0.1) is 0 Å². The average molecular weight is 239 g/mol. The van der Waals surface area contributed by atoms with E-state index in [2.05, 4.69) is 29.2 Å². The quantitative estimate of drug-likeness (QED) is 0.781. The highest BCUT2D eigenvalue weighted by Gasteiger charge is 2.12. The highest BCUT2D eigenvalue weighted by molar-refractivity contribution is 5.75. The van der Waals surface area contributed by atoms with Crippen LogP contribution in [0.1, 0.15) is 39.6 Å². The fourth-order valence-electron chi connectivity index (χ4n) is 1.21. The first-order valence-corrected chi connectivity index (χ1v) is 5.84. The highest BCUT2D eigenvalue weighted by Crippen LogP contribution is 2.02. The smallest absolute Gasteiger partial charge is 0.242 e. The molecule has 1 amide bonds. The average Bonchev–Trinajstić information content (AvgIpc) is 2.65. The van der Waals surface area contributed by atoms with E-state index in [9.17, 15) is 4.79 Å². The first-order chi connectivity index (χ1) is 7.90. The highest BCUT2D eigenvalue weighted by atomic mass is 16.2. The molecule has 1 aromatic rings. The summed E-state index contributed by atoms with van der Waals surface area (Å²) in [5.74, 6) is 0.899. The predicted octanol–water partition coefficient (Wildman–Crippen LogP) is 0.459. The fraction of sp³-hybridized carbons (Fsp3) is 0.727. The number of nitrogens with one attached hydrogen (secondary N) is 1. The Morgan fingerprint density at radius 2 is 2.12 bits per heavy atom. The van der Waals surface area contributed by atoms with E-state index in [1.807, 2.05) is 6.92 Å². The van der Waals surface area contributed by atoms with Crippen LogP contribution >= 0.6 is 0 Å². The van der Waals surface area contributed by atoms with Crippen LogP contribution in [0.5, 0.6) is 0 Å². The Balaban J connectivity index is 2.50. The number of aromatic nitrogens is 3. The van der Waals surface area contributed by atoms with Gasteiger partial charge in [0.15, 0.2) is 5.82 Å². The van der Waals surface area contributed by atoms with Crippen LogP contribution in [-0.4, -0.2) is 26.7 Å². The Labute approximate surface area is 102 Å². The van der Waals surface area contributed by atoms with Crippen molar-refractivity contribution < 1.29 is 4.79 Å². The normalized spacial score (nSPS) is 14.7. The number of carbonyl (C=O) groups excluding carboxylic acids is 1. The van der Waals surface area contributed by atoms with Gasteiger partial charge in [0.25, 0.3) is 0 Å². The van der Waals surface area contributed by atoms with Gasteiger partial charge < -0.3 is 11.1 Å². The lowest BCUT2D eigenvalue weighted by Gasteiger charge is -2.17. The number of hydrogen-bond acceptors (Lipinski definition) is 4. The summed E-state index contributed by atoms with van der Waals surface area (Å²) in [4.78, 5) is 15.7. The van der Waals surface area contributed by atoms with Gasteiger partial charge in [0.2, 0.25) is 5.91 Å². The number of nitrogens with two attached hydrogens (primary N) is 1. The second-order valence-electron chi connectivity index (χ2n) is 4.69. The first kappa shape index (κ1) is 13.6. The van der Waals surface area contributed by atoms with Crippen molar-refractivity contribution in [2.24, 2.45) is 11.7 Å². The molecule has 0 aliphatic rings. The summed E-state index contributed by atoms with van der Waals surface area (Å²) in [5, 5.41) is 7.03. The Hall–Kier alpha value is -1.43. The van der Waals surface area contributed by atoms with Gasteiger partial charge in [0.1, 0.15) is 12.9 Å². The van der Waals surface area contributed by atoms with Gasteiger partial charge in [0.05, 0.1) is 6.04 Å². The molecule has 1 aromatic heterocycles. The van der Waals surface area contributed by atoms with Crippen molar-refractivity contribution in [1.29, 1.82) is 0 Å². The second kappa shape index (κ2) is 5.77. The van der Waals surface area contributed by atoms with Gasteiger partial charge in [0, 0.05) is 6.04 Å². The molecule has 0 saturated heterocycles. The minimum absolute atomic E-state index is 0.0627. The van der Waals surface area contributed by atoms with Gasteiger partial charge in [-0.05, 0) is 19.8 Å². The molecule has 2 unspecified atom stereocenters. The van der Waals surface area contributed by atoms with E-state index in [1.54, 1.807) is 6.92 Å². The van der Waals surface area contributed by atoms with E-state index in [0.717, 1.165) is 0 Å². The van der Waals surface area contributed by atoms with Crippen LogP contribution in [0, 0.1) is 5.92 Å². The molecule has 2 atom stereocenters.